The minimum absolute atomic E-state index is 0.0473. The number of nitrogens with one attached hydrogen (secondary N) is 2. The number of hydrogen-bond acceptors (Lipinski definition) is 8. The highest BCUT2D eigenvalue weighted by Crippen LogP contribution is 2.34. The number of aryl methyl sites for hydroxylation is 4. The van der Waals surface area contributed by atoms with Gasteiger partial charge in [0.15, 0.2) is 0 Å². The van der Waals surface area contributed by atoms with Crippen LogP contribution < -0.4 is 9.44 Å². The average molecular weight is 845 g/mol. The smallest absolute Gasteiger partial charge is 0.211 e. The van der Waals surface area contributed by atoms with Crippen LogP contribution in [0.4, 0.5) is 0 Å². The Morgan fingerprint density at radius 3 is 1.00 bits per heavy atom. The summed E-state index contributed by atoms with van der Waals surface area (Å²) in [5.41, 5.74) is 3.55. The Morgan fingerprint density at radius 2 is 0.714 bits per heavy atom. The van der Waals surface area contributed by atoms with Crippen molar-refractivity contribution >= 4 is 40.1 Å². The van der Waals surface area contributed by atoms with Crippen molar-refractivity contribution in [2.24, 2.45) is 0 Å². The lowest BCUT2D eigenvalue weighted by Crippen LogP contribution is -2.57. The molecule has 56 heavy (non-hydrogen) atoms. The number of nitrogens with zero attached hydrogens (tertiary/aromatic N) is 2. The lowest BCUT2D eigenvalue weighted by molar-refractivity contribution is 0.142. The van der Waals surface area contributed by atoms with Crippen molar-refractivity contribution in [3.8, 4) is 0 Å². The van der Waals surface area contributed by atoms with Gasteiger partial charge < -0.3 is 0 Å². The summed E-state index contributed by atoms with van der Waals surface area (Å²) in [6.45, 7) is 7.13. The molecule has 1 aliphatic rings. The predicted molar refractivity (Wildman–Crippen MR) is 218 cm³/mol. The highest BCUT2D eigenvalue weighted by molar-refractivity contribution is 7.90. The van der Waals surface area contributed by atoms with E-state index in [9.17, 15) is 33.7 Å². The first kappa shape index (κ1) is 43.6. The lowest BCUT2D eigenvalue weighted by Gasteiger charge is -2.44. The fourth-order valence-corrected chi connectivity index (χ4v) is 12.5. The number of sulfonamides is 4. The Bertz CT molecular complexity index is 2200. The molecule has 0 saturated heterocycles. The topological polar surface area (TPSA) is 167 Å². The summed E-state index contributed by atoms with van der Waals surface area (Å²) in [4.78, 5) is 0.285. The first-order chi connectivity index (χ1) is 26.4. The molecule has 12 nitrogen and oxygen atoms in total. The second-order valence-electron chi connectivity index (χ2n) is 14.4. The van der Waals surface area contributed by atoms with Crippen molar-refractivity contribution in [2.75, 3.05) is 26.2 Å². The van der Waals surface area contributed by atoms with E-state index < -0.39 is 52.2 Å². The van der Waals surface area contributed by atoms with Gasteiger partial charge in [-0.2, -0.15) is 8.61 Å². The lowest BCUT2D eigenvalue weighted by atomic mass is 9.90. The molecule has 2 N–H and O–H groups in total. The standard InChI is InChI=1S/C40H52N4O8S4/c1-31-11-19-35(20-12-31)53(45,46)41-27-7-29-43(55(49,50)37-23-15-33(3)16-24-37)39-9-5-6-10-40(39)44(56(51,52)38-25-17-34(4)18-26-38)30-8-28-42-54(47,48)36-21-13-32(2)14-22-36/h11-26,39-42H,5-10,27-30H2,1-4H3/t39-,40-/m1/s1. The van der Waals surface area contributed by atoms with Gasteiger partial charge in [-0.25, -0.2) is 43.1 Å². The maximum atomic E-state index is 14.6. The molecule has 4 aromatic carbocycles. The third-order valence-corrected chi connectivity index (χ3v) is 16.9. The van der Waals surface area contributed by atoms with Crippen LogP contribution in [0.15, 0.2) is 117 Å². The van der Waals surface area contributed by atoms with Gasteiger partial charge in [-0.1, -0.05) is 83.6 Å². The fraction of sp³-hybridized carbons (Fsp3) is 0.400. The van der Waals surface area contributed by atoms with Crippen LogP contribution in [-0.4, -0.2) is 80.5 Å². The first-order valence-electron chi connectivity index (χ1n) is 18.7. The zero-order chi connectivity index (χ0) is 40.7. The Kier molecular flexibility index (Phi) is 14.3. The maximum absolute atomic E-state index is 14.6. The normalized spacial score (nSPS) is 17.0. The van der Waals surface area contributed by atoms with Crippen molar-refractivity contribution in [3.05, 3.63) is 119 Å². The highest BCUT2D eigenvalue weighted by Gasteiger charge is 2.43. The zero-order valence-corrected chi connectivity index (χ0v) is 35.5. The molecule has 5 rings (SSSR count). The molecule has 0 amide bonds. The van der Waals surface area contributed by atoms with Crippen LogP contribution in [0.1, 0.15) is 60.8 Å². The molecule has 1 saturated carbocycles. The zero-order valence-electron chi connectivity index (χ0n) is 32.3. The molecule has 0 bridgehead atoms. The Balaban J connectivity index is 1.45. The van der Waals surface area contributed by atoms with Crippen molar-refractivity contribution in [3.63, 3.8) is 0 Å². The van der Waals surface area contributed by atoms with Gasteiger partial charge in [0.25, 0.3) is 0 Å². The quantitative estimate of drug-likeness (QED) is 0.121. The van der Waals surface area contributed by atoms with E-state index in [1.807, 2.05) is 27.7 Å². The summed E-state index contributed by atoms with van der Waals surface area (Å²) in [5.74, 6) is 0. The summed E-state index contributed by atoms with van der Waals surface area (Å²) >= 11 is 0. The largest absolute Gasteiger partial charge is 0.243 e. The minimum atomic E-state index is -4.21. The molecule has 0 aliphatic heterocycles. The molecule has 1 aliphatic carbocycles. The summed E-state index contributed by atoms with van der Waals surface area (Å²) in [6, 6.07) is 24.1. The molecule has 0 unspecified atom stereocenters. The van der Waals surface area contributed by atoms with Gasteiger partial charge in [-0.05, 0) is 102 Å². The Morgan fingerprint density at radius 1 is 0.446 bits per heavy atom. The molecule has 2 atom stereocenters. The van der Waals surface area contributed by atoms with Crippen molar-refractivity contribution in [1.29, 1.82) is 0 Å². The summed E-state index contributed by atoms with van der Waals surface area (Å²) in [7, 11) is -16.1. The van der Waals surface area contributed by atoms with Crippen LogP contribution in [-0.2, 0) is 40.1 Å². The van der Waals surface area contributed by atoms with Gasteiger partial charge in [-0.3, -0.25) is 0 Å². The van der Waals surface area contributed by atoms with E-state index in [4.69, 9.17) is 0 Å². The summed E-state index contributed by atoms with van der Waals surface area (Å²) < 4.78 is 118. The molecule has 0 radical (unpaired) electrons. The monoisotopic (exact) mass is 844 g/mol. The molecular formula is C40H52N4O8S4. The van der Waals surface area contributed by atoms with Gasteiger partial charge in [0.05, 0.1) is 19.6 Å². The van der Waals surface area contributed by atoms with Crippen LogP contribution in [0.5, 0.6) is 0 Å². The maximum Gasteiger partial charge on any atom is 0.243 e. The summed E-state index contributed by atoms with van der Waals surface area (Å²) in [5, 5.41) is 0. The first-order valence-corrected chi connectivity index (χ1v) is 24.6. The van der Waals surface area contributed by atoms with Crippen LogP contribution in [0.3, 0.4) is 0 Å². The third kappa shape index (κ3) is 10.7. The van der Waals surface area contributed by atoms with E-state index in [2.05, 4.69) is 9.44 Å². The molecule has 16 heteroatoms. The van der Waals surface area contributed by atoms with Crippen LogP contribution >= 0.6 is 0 Å². The number of benzene rings is 4. The van der Waals surface area contributed by atoms with Crippen molar-refractivity contribution < 1.29 is 33.7 Å². The third-order valence-electron chi connectivity index (χ3n) is 10.0. The van der Waals surface area contributed by atoms with Gasteiger partial charge in [0.2, 0.25) is 40.1 Å². The van der Waals surface area contributed by atoms with Crippen LogP contribution in [0, 0.1) is 27.7 Å². The van der Waals surface area contributed by atoms with E-state index in [1.165, 1.54) is 57.1 Å². The molecule has 0 spiro atoms. The molecular weight excluding hydrogens is 793 g/mol. The fourth-order valence-electron chi connectivity index (χ4n) is 6.87. The van der Waals surface area contributed by atoms with E-state index >= 15 is 0 Å². The van der Waals surface area contributed by atoms with Gasteiger partial charge >= 0.3 is 0 Å². The molecule has 304 valence electrons. The number of hydrogen-bond donors (Lipinski definition) is 2. The molecule has 1 fully saturated rings. The Hall–Kier alpha value is -3.48. The summed E-state index contributed by atoms with van der Waals surface area (Å²) in [6.07, 6.45) is 2.26. The molecule has 0 aromatic heterocycles. The van der Waals surface area contributed by atoms with E-state index in [-0.39, 0.29) is 58.6 Å². The SMILES string of the molecule is Cc1ccc(S(=O)(=O)NCCCN([C@@H]2CCCC[C@H]2N(CCCNS(=O)(=O)c2ccc(C)cc2)S(=O)(=O)c2ccc(C)cc2)S(=O)(=O)c2ccc(C)cc2)cc1. The van der Waals surface area contributed by atoms with E-state index in [1.54, 1.807) is 48.5 Å². The van der Waals surface area contributed by atoms with Crippen molar-refractivity contribution in [1.82, 2.24) is 18.1 Å². The van der Waals surface area contributed by atoms with E-state index in [0.717, 1.165) is 22.3 Å². The average Bonchev–Trinajstić information content (AvgIpc) is 3.15. The number of rotatable bonds is 18. The van der Waals surface area contributed by atoms with Crippen molar-refractivity contribution in [2.45, 2.75) is 97.9 Å². The van der Waals surface area contributed by atoms with Gasteiger partial charge in [-0.15, -0.1) is 0 Å². The second kappa shape index (κ2) is 18.4. The minimum Gasteiger partial charge on any atom is -0.211 e. The van der Waals surface area contributed by atoms with Gasteiger partial charge in [0, 0.05) is 38.3 Å². The second-order valence-corrected chi connectivity index (χ2v) is 21.7. The van der Waals surface area contributed by atoms with Crippen LogP contribution in [0.2, 0.25) is 0 Å². The molecule has 0 heterocycles. The molecule has 4 aromatic rings. The van der Waals surface area contributed by atoms with Crippen LogP contribution in [0.25, 0.3) is 0 Å². The van der Waals surface area contributed by atoms with Gasteiger partial charge in [0.1, 0.15) is 0 Å². The highest BCUT2D eigenvalue weighted by atomic mass is 32.2. The Labute approximate surface area is 333 Å². The predicted octanol–water partition coefficient (Wildman–Crippen LogP) is 5.65. The van der Waals surface area contributed by atoms with E-state index in [0.29, 0.717) is 25.7 Å².